The van der Waals surface area contributed by atoms with E-state index < -0.39 is 12.0 Å². The second kappa shape index (κ2) is 9.91. The molecule has 1 N–H and O–H groups in total. The van der Waals surface area contributed by atoms with Crippen LogP contribution in [0.2, 0.25) is 0 Å². The van der Waals surface area contributed by atoms with E-state index in [0.29, 0.717) is 28.1 Å². The molecule has 0 fully saturated rings. The first kappa shape index (κ1) is 22.9. The summed E-state index contributed by atoms with van der Waals surface area (Å²) in [6, 6.07) is 5.99. The van der Waals surface area contributed by atoms with E-state index in [1.54, 1.807) is 58.0 Å². The van der Waals surface area contributed by atoms with Crippen LogP contribution in [-0.4, -0.2) is 53.8 Å². The van der Waals surface area contributed by atoms with Gasteiger partial charge in [0.05, 0.1) is 19.8 Å². The zero-order valence-corrected chi connectivity index (χ0v) is 18.1. The second-order valence-electron chi connectivity index (χ2n) is 6.86. The Kier molecular flexibility index (Phi) is 7.58. The predicted octanol–water partition coefficient (Wildman–Crippen LogP) is 3.72. The molecule has 7 heteroatoms. The van der Waals surface area contributed by atoms with Gasteiger partial charge in [-0.1, -0.05) is 12.1 Å². The number of esters is 1. The van der Waals surface area contributed by atoms with Crippen LogP contribution in [0.1, 0.15) is 56.3 Å². The molecule has 0 aliphatic heterocycles. The molecule has 1 heterocycles. The summed E-state index contributed by atoms with van der Waals surface area (Å²) in [6.07, 6.45) is 1.57. The molecule has 160 valence electrons. The molecule has 0 radical (unpaired) electrons. The summed E-state index contributed by atoms with van der Waals surface area (Å²) in [5.41, 5.74) is 2.11. The number of ketones is 1. The first-order valence-corrected chi connectivity index (χ1v) is 9.73. The number of hydrogen-bond donors (Lipinski definition) is 1. The number of rotatable bonds is 9. The molecule has 1 amide bonds. The van der Waals surface area contributed by atoms with Crippen molar-refractivity contribution in [1.29, 1.82) is 0 Å². The minimum absolute atomic E-state index is 0.191. The van der Waals surface area contributed by atoms with Crippen LogP contribution in [0.5, 0.6) is 5.75 Å². The van der Waals surface area contributed by atoms with Crippen molar-refractivity contribution in [3.63, 3.8) is 0 Å². The number of nitrogens with one attached hydrogen (secondary N) is 1. The van der Waals surface area contributed by atoms with E-state index in [2.05, 4.69) is 11.6 Å². The number of Topliss-reactive ketones (excluding diaryl/α,β-unsaturated/α-hetero) is 1. The van der Waals surface area contributed by atoms with Crippen LogP contribution in [-0.2, 0) is 4.74 Å². The maximum atomic E-state index is 13.3. The number of carbonyl (C=O) groups excluding carboxylic acids is 3. The van der Waals surface area contributed by atoms with Gasteiger partial charge in [-0.2, -0.15) is 0 Å². The highest BCUT2D eigenvalue weighted by atomic mass is 16.5. The number of aromatic nitrogens is 1. The Morgan fingerprint density at radius 3 is 2.57 bits per heavy atom. The van der Waals surface area contributed by atoms with Crippen molar-refractivity contribution < 1.29 is 23.9 Å². The summed E-state index contributed by atoms with van der Waals surface area (Å²) in [5, 5.41) is 0. The van der Waals surface area contributed by atoms with Crippen LogP contribution in [0.25, 0.3) is 0 Å². The van der Waals surface area contributed by atoms with Crippen molar-refractivity contribution >= 4 is 17.7 Å². The van der Waals surface area contributed by atoms with Crippen LogP contribution < -0.4 is 4.74 Å². The first-order valence-electron chi connectivity index (χ1n) is 9.73. The van der Waals surface area contributed by atoms with E-state index >= 15 is 0 Å². The van der Waals surface area contributed by atoms with Crippen molar-refractivity contribution in [1.82, 2.24) is 9.88 Å². The molecular weight excluding hydrogens is 384 g/mol. The van der Waals surface area contributed by atoms with Gasteiger partial charge in [0.2, 0.25) is 0 Å². The van der Waals surface area contributed by atoms with E-state index in [1.165, 1.54) is 12.0 Å². The number of ether oxygens (including phenoxy) is 2. The SMILES string of the molecule is C=CCN(C(=O)c1cccc(OC)c1)[C@H](C)C(=O)c1c(C)[nH]c(C(=O)OCC)c1C. The molecule has 0 aliphatic carbocycles. The lowest BCUT2D eigenvalue weighted by molar-refractivity contribution is 0.0519. The van der Waals surface area contributed by atoms with Gasteiger partial charge < -0.3 is 19.4 Å². The molecule has 0 spiro atoms. The number of aryl methyl sites for hydroxylation is 1. The van der Waals surface area contributed by atoms with Gasteiger partial charge in [0.25, 0.3) is 5.91 Å². The number of amides is 1. The van der Waals surface area contributed by atoms with Crippen molar-refractivity contribution in [3.05, 3.63) is 65.0 Å². The van der Waals surface area contributed by atoms with E-state index in [1.807, 2.05) is 0 Å². The minimum Gasteiger partial charge on any atom is -0.497 e. The topological polar surface area (TPSA) is 88.7 Å². The molecular formula is C23H28N2O5. The Labute approximate surface area is 176 Å². The van der Waals surface area contributed by atoms with Crippen molar-refractivity contribution in [2.24, 2.45) is 0 Å². The highest BCUT2D eigenvalue weighted by Crippen LogP contribution is 2.23. The van der Waals surface area contributed by atoms with Gasteiger partial charge in [0, 0.05) is 23.4 Å². The normalized spacial score (nSPS) is 11.5. The quantitative estimate of drug-likeness (QED) is 0.385. The third-order valence-electron chi connectivity index (χ3n) is 4.91. The van der Waals surface area contributed by atoms with Crippen LogP contribution in [0, 0.1) is 13.8 Å². The molecule has 2 aromatic rings. The number of nitrogens with zero attached hydrogens (tertiary/aromatic N) is 1. The lowest BCUT2D eigenvalue weighted by atomic mass is 9.99. The van der Waals surface area contributed by atoms with E-state index in [4.69, 9.17) is 9.47 Å². The fourth-order valence-electron chi connectivity index (χ4n) is 3.36. The largest absolute Gasteiger partial charge is 0.497 e. The fourth-order valence-corrected chi connectivity index (χ4v) is 3.36. The number of methoxy groups -OCH3 is 1. The molecule has 1 aromatic heterocycles. The average molecular weight is 412 g/mol. The molecule has 0 saturated heterocycles. The predicted molar refractivity (Wildman–Crippen MR) is 114 cm³/mol. The van der Waals surface area contributed by atoms with Gasteiger partial charge in [-0.25, -0.2) is 4.79 Å². The fraction of sp³-hybridized carbons (Fsp3) is 0.348. The number of carbonyl (C=O) groups is 3. The Bertz CT molecular complexity index is 960. The highest BCUT2D eigenvalue weighted by Gasteiger charge is 2.31. The van der Waals surface area contributed by atoms with E-state index in [9.17, 15) is 14.4 Å². The number of hydrogen-bond acceptors (Lipinski definition) is 5. The van der Waals surface area contributed by atoms with Crippen LogP contribution in [0.4, 0.5) is 0 Å². The number of H-pyrrole nitrogens is 1. The zero-order chi connectivity index (χ0) is 22.4. The van der Waals surface area contributed by atoms with Crippen LogP contribution in [0.15, 0.2) is 36.9 Å². The Morgan fingerprint density at radius 2 is 1.97 bits per heavy atom. The lowest BCUT2D eigenvalue weighted by Crippen LogP contribution is -2.43. The molecule has 2 rings (SSSR count). The number of benzene rings is 1. The summed E-state index contributed by atoms with van der Waals surface area (Å²) in [5.74, 6) is -0.545. The van der Waals surface area contributed by atoms with E-state index in [0.717, 1.165) is 0 Å². The monoisotopic (exact) mass is 412 g/mol. The molecule has 0 unspecified atom stereocenters. The molecule has 1 atom stereocenters. The summed E-state index contributed by atoms with van der Waals surface area (Å²) < 4.78 is 10.2. The smallest absolute Gasteiger partial charge is 0.355 e. The summed E-state index contributed by atoms with van der Waals surface area (Å²) >= 11 is 0. The molecule has 0 saturated carbocycles. The maximum absolute atomic E-state index is 13.3. The van der Waals surface area contributed by atoms with Crippen molar-refractivity contribution in [2.45, 2.75) is 33.7 Å². The minimum atomic E-state index is -0.773. The summed E-state index contributed by atoms with van der Waals surface area (Å²) in [7, 11) is 1.52. The van der Waals surface area contributed by atoms with Gasteiger partial charge in [-0.15, -0.1) is 6.58 Å². The maximum Gasteiger partial charge on any atom is 0.355 e. The molecule has 1 aromatic carbocycles. The van der Waals surface area contributed by atoms with Gasteiger partial charge in [-0.3, -0.25) is 9.59 Å². The number of aromatic amines is 1. The summed E-state index contributed by atoms with van der Waals surface area (Å²) in [4.78, 5) is 43.0. The van der Waals surface area contributed by atoms with Crippen molar-refractivity contribution in [2.75, 3.05) is 20.3 Å². The average Bonchev–Trinajstić information content (AvgIpc) is 3.04. The molecule has 7 nitrogen and oxygen atoms in total. The Morgan fingerprint density at radius 1 is 1.27 bits per heavy atom. The second-order valence-corrected chi connectivity index (χ2v) is 6.86. The molecule has 0 aliphatic rings. The van der Waals surface area contributed by atoms with Crippen molar-refractivity contribution in [3.8, 4) is 5.75 Å². The van der Waals surface area contributed by atoms with Crippen LogP contribution >= 0.6 is 0 Å². The Hall–Kier alpha value is -3.35. The van der Waals surface area contributed by atoms with Gasteiger partial charge in [0.15, 0.2) is 5.78 Å². The zero-order valence-electron chi connectivity index (χ0n) is 18.1. The third-order valence-corrected chi connectivity index (χ3v) is 4.91. The first-order chi connectivity index (χ1) is 14.3. The van der Waals surface area contributed by atoms with Gasteiger partial charge in [0.1, 0.15) is 11.4 Å². The molecule has 30 heavy (non-hydrogen) atoms. The van der Waals surface area contributed by atoms with Gasteiger partial charge >= 0.3 is 5.97 Å². The summed E-state index contributed by atoms with van der Waals surface area (Å²) in [6.45, 7) is 10.9. The van der Waals surface area contributed by atoms with E-state index in [-0.39, 0.29) is 30.5 Å². The standard InChI is InChI=1S/C23H28N2O5/c1-7-12-25(22(27)17-10-9-11-18(13-17)29-6)16(5)21(26)19-14(3)20(24-15(19)4)23(28)30-8-2/h7,9-11,13,16,24H,1,8,12H2,2-6H3/t16-/m1/s1. The third kappa shape index (κ3) is 4.62. The molecule has 0 bridgehead atoms. The Balaban J connectivity index is 2.39. The van der Waals surface area contributed by atoms with Crippen LogP contribution in [0.3, 0.4) is 0 Å². The van der Waals surface area contributed by atoms with Gasteiger partial charge in [-0.05, 0) is 51.5 Å². The lowest BCUT2D eigenvalue weighted by Gasteiger charge is -2.27. The highest BCUT2D eigenvalue weighted by molar-refractivity contribution is 6.07.